The molecule has 4 rings (SSSR count). The van der Waals surface area contributed by atoms with Crippen LogP contribution < -0.4 is 20.3 Å². The third-order valence-electron chi connectivity index (χ3n) is 5.37. The van der Waals surface area contributed by atoms with Crippen molar-refractivity contribution in [1.82, 2.24) is 0 Å². The Morgan fingerprint density at radius 2 is 1.43 bits per heavy atom. The highest BCUT2D eigenvalue weighted by Gasteiger charge is 2.18. The minimum absolute atomic E-state index is 0.0195. The van der Waals surface area contributed by atoms with E-state index in [0.717, 1.165) is 6.07 Å². The van der Waals surface area contributed by atoms with Gasteiger partial charge in [-0.25, -0.2) is 14.6 Å². The van der Waals surface area contributed by atoms with E-state index in [0.29, 0.717) is 17.1 Å². The minimum Gasteiger partial charge on any atom is -0.490 e. The molecule has 0 fully saturated rings. The number of fused-ring (bicyclic) bond motifs is 2. The lowest BCUT2D eigenvalue weighted by atomic mass is 10.2. The van der Waals surface area contributed by atoms with E-state index in [9.17, 15) is 14.4 Å². The van der Waals surface area contributed by atoms with Gasteiger partial charge in [-0.15, -0.1) is 0 Å². The molecule has 0 saturated heterocycles. The van der Waals surface area contributed by atoms with Gasteiger partial charge in [-0.3, -0.25) is 9.59 Å². The van der Waals surface area contributed by atoms with Crippen LogP contribution in [-0.2, 0) is 25.9 Å². The summed E-state index contributed by atoms with van der Waals surface area (Å²) in [4.78, 5) is 46.5. The van der Waals surface area contributed by atoms with Crippen LogP contribution in [0.3, 0.4) is 0 Å². The van der Waals surface area contributed by atoms with E-state index < -0.39 is 17.5 Å². The molecule has 37 heavy (non-hydrogen) atoms. The first-order valence-electron chi connectivity index (χ1n) is 11.1. The second kappa shape index (κ2) is 11.7. The molecule has 1 unspecified atom stereocenters. The Hall–Kier alpha value is -4.19. The van der Waals surface area contributed by atoms with Gasteiger partial charge in [-0.05, 0) is 24.3 Å². The molecule has 0 radical (unpaired) electrons. The van der Waals surface area contributed by atoms with Crippen molar-refractivity contribution in [1.29, 1.82) is 0 Å². The maximum absolute atomic E-state index is 12.7. The molecule has 1 atom stereocenters. The van der Waals surface area contributed by atoms with Crippen LogP contribution in [0.5, 0.6) is 11.5 Å². The zero-order chi connectivity index (χ0) is 26.4. The molecule has 0 saturated carbocycles. The Morgan fingerprint density at radius 1 is 0.838 bits per heavy atom. The molecule has 0 spiro atoms. The van der Waals surface area contributed by atoms with Gasteiger partial charge in [0.25, 0.3) is 0 Å². The average Bonchev–Trinajstić information content (AvgIpc) is 2.91. The Kier molecular flexibility index (Phi) is 8.18. The minimum atomic E-state index is -0.760. The standard InChI is InChI=1S/C26H24O11/c1-30-16(12-33-19-6-4-8-21-24(19)17(27)10-15(36-21)14-35-32-3)13-34-20-7-5-9-22-25(20)18(28)11-23(37-22)26(29)31-2/h4-11,16H,12-14H2,1-3H3. The molecular formula is C26H24O11. The van der Waals surface area contributed by atoms with Gasteiger partial charge < -0.3 is 27.8 Å². The van der Waals surface area contributed by atoms with Crippen molar-refractivity contribution in [2.24, 2.45) is 0 Å². The smallest absolute Gasteiger partial charge is 0.374 e. The van der Waals surface area contributed by atoms with Crippen LogP contribution >= 0.6 is 0 Å². The first-order valence-corrected chi connectivity index (χ1v) is 11.1. The van der Waals surface area contributed by atoms with E-state index in [1.54, 1.807) is 36.4 Å². The highest BCUT2D eigenvalue weighted by molar-refractivity contribution is 5.90. The number of ether oxygens (including phenoxy) is 4. The van der Waals surface area contributed by atoms with Crippen molar-refractivity contribution in [3.63, 3.8) is 0 Å². The van der Waals surface area contributed by atoms with Gasteiger partial charge in [-0.2, -0.15) is 0 Å². The highest BCUT2D eigenvalue weighted by Crippen LogP contribution is 2.26. The number of carbonyl (C=O) groups excluding carboxylic acids is 1. The molecule has 0 aliphatic carbocycles. The largest absolute Gasteiger partial charge is 0.490 e. The molecule has 2 heterocycles. The lowest BCUT2D eigenvalue weighted by Crippen LogP contribution is -2.28. The first-order chi connectivity index (χ1) is 17.9. The second-order valence-electron chi connectivity index (χ2n) is 7.71. The number of hydrogen-bond donors (Lipinski definition) is 0. The van der Waals surface area contributed by atoms with Crippen molar-refractivity contribution >= 4 is 27.9 Å². The van der Waals surface area contributed by atoms with Gasteiger partial charge in [0.1, 0.15) is 65.1 Å². The molecule has 0 N–H and O–H groups in total. The lowest BCUT2D eigenvalue weighted by molar-refractivity contribution is -0.284. The van der Waals surface area contributed by atoms with Crippen LogP contribution in [0.4, 0.5) is 0 Å². The van der Waals surface area contributed by atoms with E-state index in [2.05, 4.69) is 9.62 Å². The highest BCUT2D eigenvalue weighted by atomic mass is 17.2. The van der Waals surface area contributed by atoms with Crippen LogP contribution in [0, 0.1) is 0 Å². The Balaban J connectivity index is 1.49. The fourth-order valence-corrected chi connectivity index (χ4v) is 3.59. The van der Waals surface area contributed by atoms with Crippen LogP contribution in [-0.4, -0.2) is 46.6 Å². The van der Waals surface area contributed by atoms with Gasteiger partial charge in [0, 0.05) is 19.2 Å². The molecule has 0 bridgehead atoms. The summed E-state index contributed by atoms with van der Waals surface area (Å²) in [5.41, 5.74) is -0.252. The molecule has 194 valence electrons. The van der Waals surface area contributed by atoms with E-state index in [4.69, 9.17) is 27.9 Å². The van der Waals surface area contributed by atoms with Gasteiger partial charge in [0.15, 0.2) is 10.9 Å². The van der Waals surface area contributed by atoms with Crippen molar-refractivity contribution in [3.05, 3.63) is 80.5 Å². The van der Waals surface area contributed by atoms with Crippen LogP contribution in [0.25, 0.3) is 21.9 Å². The van der Waals surface area contributed by atoms with Crippen molar-refractivity contribution in [2.45, 2.75) is 12.7 Å². The number of rotatable bonds is 11. The summed E-state index contributed by atoms with van der Waals surface area (Å²) < 4.78 is 33.0. The summed E-state index contributed by atoms with van der Waals surface area (Å²) in [6, 6.07) is 12.1. The third-order valence-corrected chi connectivity index (χ3v) is 5.37. The monoisotopic (exact) mass is 512 g/mol. The number of hydrogen-bond acceptors (Lipinski definition) is 11. The predicted molar refractivity (Wildman–Crippen MR) is 130 cm³/mol. The Labute approximate surface area is 209 Å². The van der Waals surface area contributed by atoms with Gasteiger partial charge >= 0.3 is 5.97 Å². The SMILES string of the molecule is COOCc1cc(=O)c2c(OCC(COc3cccc4oc(C(=O)OC)cc(=O)c34)OC)cccc2o1. The average molecular weight is 512 g/mol. The molecule has 4 aromatic rings. The van der Waals surface area contributed by atoms with Crippen LogP contribution in [0.1, 0.15) is 16.3 Å². The van der Waals surface area contributed by atoms with Crippen molar-refractivity contribution in [2.75, 3.05) is 34.5 Å². The third kappa shape index (κ3) is 5.80. The lowest BCUT2D eigenvalue weighted by Gasteiger charge is -2.18. The Bertz CT molecular complexity index is 1520. The molecule has 0 aliphatic heterocycles. The maximum atomic E-state index is 12.7. The van der Waals surface area contributed by atoms with Gasteiger partial charge in [0.05, 0.1) is 14.2 Å². The summed E-state index contributed by atoms with van der Waals surface area (Å²) in [5, 5.41) is 0.443. The molecule has 11 nitrogen and oxygen atoms in total. The topological polar surface area (TPSA) is 133 Å². The zero-order valence-electron chi connectivity index (χ0n) is 20.3. The summed E-state index contributed by atoms with van der Waals surface area (Å²) >= 11 is 0. The molecule has 11 heteroatoms. The number of carbonyl (C=O) groups is 1. The summed E-state index contributed by atoms with van der Waals surface area (Å²) in [7, 11) is 4.04. The number of esters is 1. The molecule has 2 aromatic heterocycles. The molecular weight excluding hydrogens is 488 g/mol. The first kappa shape index (κ1) is 25.9. The molecule has 2 aromatic carbocycles. The normalized spacial score (nSPS) is 12.0. The van der Waals surface area contributed by atoms with Crippen LogP contribution in [0.2, 0.25) is 0 Å². The Morgan fingerprint density at radius 3 is 2.00 bits per heavy atom. The van der Waals surface area contributed by atoms with E-state index in [-0.39, 0.29) is 53.1 Å². The predicted octanol–water partition coefficient (Wildman–Crippen LogP) is 3.24. The van der Waals surface area contributed by atoms with E-state index >= 15 is 0 Å². The van der Waals surface area contributed by atoms with E-state index in [1.807, 2.05) is 0 Å². The second-order valence-corrected chi connectivity index (χ2v) is 7.71. The van der Waals surface area contributed by atoms with E-state index in [1.165, 1.54) is 27.4 Å². The number of methoxy groups -OCH3 is 2. The fraction of sp³-hybridized carbons (Fsp3) is 0.269. The fourth-order valence-electron chi connectivity index (χ4n) is 3.59. The van der Waals surface area contributed by atoms with Crippen LogP contribution in [0.15, 0.2) is 67.0 Å². The van der Waals surface area contributed by atoms with Crippen molar-refractivity contribution < 1.29 is 42.4 Å². The zero-order valence-corrected chi connectivity index (χ0v) is 20.3. The quantitative estimate of drug-likeness (QED) is 0.167. The van der Waals surface area contributed by atoms with Gasteiger partial charge in [0.2, 0.25) is 5.76 Å². The number of benzene rings is 2. The molecule has 0 aliphatic rings. The van der Waals surface area contributed by atoms with Crippen molar-refractivity contribution in [3.8, 4) is 11.5 Å². The maximum Gasteiger partial charge on any atom is 0.374 e. The summed E-state index contributed by atoms with van der Waals surface area (Å²) in [6.07, 6.45) is -0.562. The summed E-state index contributed by atoms with van der Waals surface area (Å²) in [6.45, 7) is 0.0352. The summed E-state index contributed by atoms with van der Waals surface area (Å²) in [5.74, 6) is -0.102. The van der Waals surface area contributed by atoms with Gasteiger partial charge in [-0.1, -0.05) is 12.1 Å². The molecule has 0 amide bonds.